The normalized spacial score (nSPS) is 27.4. The number of carbonyl (C=O) groups is 1. The van der Waals surface area contributed by atoms with Gasteiger partial charge in [0.25, 0.3) is 0 Å². The van der Waals surface area contributed by atoms with Crippen molar-refractivity contribution in [1.82, 2.24) is 4.98 Å². The van der Waals surface area contributed by atoms with Crippen LogP contribution in [0.2, 0.25) is 0 Å². The second-order valence-corrected chi connectivity index (χ2v) is 4.50. The highest BCUT2D eigenvalue weighted by molar-refractivity contribution is 5.77. The van der Waals surface area contributed by atoms with Crippen LogP contribution in [0.4, 0.5) is 4.39 Å². The molecule has 0 aromatic carbocycles. The van der Waals surface area contributed by atoms with Crippen molar-refractivity contribution in [3.05, 3.63) is 29.8 Å². The Labute approximate surface area is 87.0 Å². The second kappa shape index (κ2) is 3.02. The smallest absolute Gasteiger partial charge is 0.307 e. The van der Waals surface area contributed by atoms with Gasteiger partial charge in [0.2, 0.25) is 5.95 Å². The molecule has 2 rings (SSSR count). The van der Waals surface area contributed by atoms with Gasteiger partial charge in [0, 0.05) is 17.7 Å². The van der Waals surface area contributed by atoms with Crippen LogP contribution in [0.3, 0.4) is 0 Å². The molecular weight excluding hydrogens is 197 g/mol. The zero-order chi connectivity index (χ0) is 11.2. The Morgan fingerprint density at radius 2 is 2.27 bits per heavy atom. The highest BCUT2D eigenvalue weighted by atomic mass is 19.1. The Morgan fingerprint density at radius 3 is 2.73 bits per heavy atom. The van der Waals surface area contributed by atoms with E-state index in [1.807, 2.05) is 13.8 Å². The van der Waals surface area contributed by atoms with Gasteiger partial charge < -0.3 is 5.11 Å². The van der Waals surface area contributed by atoms with Gasteiger partial charge in [-0.1, -0.05) is 19.9 Å². The number of halogens is 1. The van der Waals surface area contributed by atoms with Gasteiger partial charge in [-0.2, -0.15) is 4.39 Å². The van der Waals surface area contributed by atoms with Crippen molar-refractivity contribution >= 4 is 5.97 Å². The van der Waals surface area contributed by atoms with Crippen molar-refractivity contribution in [3.63, 3.8) is 0 Å². The largest absolute Gasteiger partial charge is 0.481 e. The first-order chi connectivity index (χ1) is 6.96. The molecular formula is C11H12FNO2. The number of hydrogen-bond acceptors (Lipinski definition) is 2. The minimum absolute atomic E-state index is 0.260. The molecule has 1 N–H and O–H groups in total. The molecule has 0 spiro atoms. The Balaban J connectivity index is 2.36. The van der Waals surface area contributed by atoms with Crippen LogP contribution in [0.1, 0.15) is 25.3 Å². The highest BCUT2D eigenvalue weighted by Gasteiger charge is 2.63. The van der Waals surface area contributed by atoms with Gasteiger partial charge in [-0.15, -0.1) is 0 Å². The van der Waals surface area contributed by atoms with Gasteiger partial charge in [-0.25, -0.2) is 4.98 Å². The number of aliphatic carboxylic acids is 1. The van der Waals surface area contributed by atoms with E-state index in [0.717, 1.165) is 0 Å². The number of carboxylic acid groups (broad SMARTS) is 1. The molecule has 1 aromatic heterocycles. The van der Waals surface area contributed by atoms with Crippen molar-refractivity contribution in [2.75, 3.05) is 0 Å². The van der Waals surface area contributed by atoms with Gasteiger partial charge in [-0.05, 0) is 11.5 Å². The molecule has 2 atom stereocenters. The summed E-state index contributed by atoms with van der Waals surface area (Å²) >= 11 is 0. The van der Waals surface area contributed by atoms with Crippen molar-refractivity contribution in [3.8, 4) is 0 Å². The maximum atomic E-state index is 13.4. The zero-order valence-corrected chi connectivity index (χ0v) is 8.57. The second-order valence-electron chi connectivity index (χ2n) is 4.50. The van der Waals surface area contributed by atoms with Gasteiger partial charge in [0.1, 0.15) is 0 Å². The van der Waals surface area contributed by atoms with Gasteiger partial charge in [-0.3, -0.25) is 4.79 Å². The fraction of sp³-hybridized carbons (Fsp3) is 0.455. The molecule has 0 amide bonds. The topological polar surface area (TPSA) is 50.2 Å². The molecule has 1 aliphatic carbocycles. The van der Waals surface area contributed by atoms with E-state index in [1.54, 1.807) is 12.1 Å². The van der Waals surface area contributed by atoms with Crippen LogP contribution in [0, 0.1) is 17.3 Å². The lowest BCUT2D eigenvalue weighted by atomic mass is 10.0. The van der Waals surface area contributed by atoms with Crippen molar-refractivity contribution in [1.29, 1.82) is 0 Å². The first-order valence-corrected chi connectivity index (χ1v) is 4.79. The van der Waals surface area contributed by atoms with E-state index in [0.29, 0.717) is 5.56 Å². The fourth-order valence-corrected chi connectivity index (χ4v) is 2.31. The van der Waals surface area contributed by atoms with Crippen LogP contribution in [0.5, 0.6) is 0 Å². The molecule has 1 heterocycles. The van der Waals surface area contributed by atoms with Crippen molar-refractivity contribution in [2.45, 2.75) is 19.8 Å². The molecule has 2 unspecified atom stereocenters. The number of hydrogen-bond donors (Lipinski definition) is 1. The Hall–Kier alpha value is -1.45. The quantitative estimate of drug-likeness (QED) is 0.758. The van der Waals surface area contributed by atoms with Crippen LogP contribution >= 0.6 is 0 Å². The van der Waals surface area contributed by atoms with Gasteiger partial charge in [0.05, 0.1) is 5.92 Å². The van der Waals surface area contributed by atoms with Crippen LogP contribution in [0.15, 0.2) is 18.3 Å². The third kappa shape index (κ3) is 1.40. The van der Waals surface area contributed by atoms with Crippen LogP contribution in [0.25, 0.3) is 0 Å². The summed E-state index contributed by atoms with van der Waals surface area (Å²) in [6.07, 6.45) is 1.37. The lowest BCUT2D eigenvalue weighted by molar-refractivity contribution is -0.139. The number of pyridine rings is 1. The predicted molar refractivity (Wildman–Crippen MR) is 51.8 cm³/mol. The van der Waals surface area contributed by atoms with E-state index in [4.69, 9.17) is 5.11 Å². The molecule has 15 heavy (non-hydrogen) atoms. The summed E-state index contributed by atoms with van der Waals surface area (Å²) < 4.78 is 13.4. The van der Waals surface area contributed by atoms with E-state index < -0.39 is 17.8 Å². The minimum atomic E-state index is -0.867. The first kappa shape index (κ1) is 10.1. The van der Waals surface area contributed by atoms with Crippen LogP contribution < -0.4 is 0 Å². The average Bonchev–Trinajstić information content (AvgIpc) is 2.70. The third-order valence-electron chi connectivity index (χ3n) is 3.22. The molecule has 4 heteroatoms. The summed E-state index contributed by atoms with van der Waals surface area (Å²) in [6, 6.07) is 3.24. The standard InChI is InChI=1S/C11H12FNO2/c1-11(2)7(8(11)10(14)15)6-4-3-5-13-9(6)12/h3-5,7-8H,1-2H3,(H,14,15). The lowest BCUT2D eigenvalue weighted by Gasteiger charge is -2.02. The lowest BCUT2D eigenvalue weighted by Crippen LogP contribution is -2.03. The number of rotatable bonds is 2. The van der Waals surface area contributed by atoms with Gasteiger partial charge in [0.15, 0.2) is 0 Å². The SMILES string of the molecule is CC1(C)C(C(=O)O)C1c1cccnc1F. The number of nitrogens with zero attached hydrogens (tertiary/aromatic N) is 1. The van der Waals surface area contributed by atoms with Crippen LogP contribution in [-0.4, -0.2) is 16.1 Å². The minimum Gasteiger partial charge on any atom is -0.481 e. The third-order valence-corrected chi connectivity index (χ3v) is 3.22. The molecule has 0 bridgehead atoms. The van der Waals surface area contributed by atoms with Gasteiger partial charge >= 0.3 is 5.97 Å². The molecule has 1 fully saturated rings. The summed E-state index contributed by atoms with van der Waals surface area (Å²) in [5, 5.41) is 8.97. The van der Waals surface area contributed by atoms with E-state index in [2.05, 4.69) is 4.98 Å². The summed E-state index contributed by atoms with van der Waals surface area (Å²) in [6.45, 7) is 3.67. The summed E-state index contributed by atoms with van der Waals surface area (Å²) in [5.74, 6) is -2.19. The number of aromatic nitrogens is 1. The highest BCUT2D eigenvalue weighted by Crippen LogP contribution is 2.64. The molecule has 1 aromatic rings. The zero-order valence-electron chi connectivity index (χ0n) is 8.57. The fourth-order valence-electron chi connectivity index (χ4n) is 2.31. The summed E-state index contributed by atoms with van der Waals surface area (Å²) in [5.41, 5.74) is 0.0327. The van der Waals surface area contributed by atoms with E-state index in [1.165, 1.54) is 6.20 Å². The molecule has 0 radical (unpaired) electrons. The Kier molecular flexibility index (Phi) is 2.03. The molecule has 0 saturated heterocycles. The van der Waals surface area contributed by atoms with E-state index in [9.17, 15) is 9.18 Å². The number of carboxylic acids is 1. The molecule has 1 saturated carbocycles. The van der Waals surface area contributed by atoms with E-state index in [-0.39, 0.29) is 11.3 Å². The molecule has 80 valence electrons. The predicted octanol–water partition coefficient (Wildman–Crippen LogP) is 2.04. The van der Waals surface area contributed by atoms with Crippen molar-refractivity contribution < 1.29 is 14.3 Å². The molecule has 3 nitrogen and oxygen atoms in total. The summed E-state index contributed by atoms with van der Waals surface area (Å²) in [4.78, 5) is 14.5. The molecule has 0 aliphatic heterocycles. The maximum absolute atomic E-state index is 13.4. The molecule has 1 aliphatic rings. The van der Waals surface area contributed by atoms with Crippen molar-refractivity contribution in [2.24, 2.45) is 11.3 Å². The Morgan fingerprint density at radius 1 is 1.60 bits per heavy atom. The van der Waals surface area contributed by atoms with E-state index >= 15 is 0 Å². The maximum Gasteiger partial charge on any atom is 0.307 e. The summed E-state index contributed by atoms with van der Waals surface area (Å²) in [7, 11) is 0. The Bertz CT molecular complexity index is 417. The first-order valence-electron chi connectivity index (χ1n) is 4.79. The average molecular weight is 209 g/mol. The van der Waals surface area contributed by atoms with Crippen LogP contribution in [-0.2, 0) is 4.79 Å². The monoisotopic (exact) mass is 209 g/mol.